The Morgan fingerprint density at radius 3 is 1.31 bits per heavy atom. The maximum Gasteiger partial charge on any atom is 0.0383 e. The van der Waals surface area contributed by atoms with Gasteiger partial charge in [-0.05, 0) is 43.5 Å². The van der Waals surface area contributed by atoms with Crippen LogP contribution in [-0.2, 0) is 0 Å². The molecule has 1 nitrogen and oxygen atoms in total. The highest BCUT2D eigenvalue weighted by atomic mass is 15.2. The van der Waals surface area contributed by atoms with Gasteiger partial charge in [-0.25, -0.2) is 0 Å². The van der Waals surface area contributed by atoms with Gasteiger partial charge in [-0.15, -0.1) is 0 Å². The fourth-order valence-corrected chi connectivity index (χ4v) is 4.62. The Hall–Kier alpha value is -2.28. The molecule has 0 radical (unpaired) electrons. The van der Waals surface area contributed by atoms with Crippen LogP contribution in [0.5, 0.6) is 0 Å². The number of benzene rings is 2. The first kappa shape index (κ1) is 29.0. The Bertz CT molecular complexity index is 753. The summed E-state index contributed by atoms with van der Waals surface area (Å²) in [7, 11) is 0. The molecule has 0 aliphatic carbocycles. The van der Waals surface area contributed by atoms with Gasteiger partial charge >= 0.3 is 0 Å². The third-order valence-electron chi connectivity index (χ3n) is 7.05. The highest BCUT2D eigenvalue weighted by molar-refractivity contribution is 5.51. The largest absolute Gasteiger partial charge is 0.349 e. The molecule has 0 spiro atoms. The normalized spacial score (nSPS) is 12.1. The van der Waals surface area contributed by atoms with E-state index in [4.69, 9.17) is 0 Å². The van der Waals surface area contributed by atoms with Crippen molar-refractivity contribution in [3.8, 4) is 0 Å². The van der Waals surface area contributed by atoms with Gasteiger partial charge in [0.25, 0.3) is 0 Å². The summed E-state index contributed by atoms with van der Waals surface area (Å²) < 4.78 is 0. The van der Waals surface area contributed by atoms with Crippen LogP contribution >= 0.6 is 0 Å². The highest BCUT2D eigenvalue weighted by Gasteiger charge is 2.22. The van der Waals surface area contributed by atoms with E-state index in [9.17, 15) is 0 Å². The molecule has 192 valence electrons. The maximum atomic E-state index is 2.40. The van der Waals surface area contributed by atoms with E-state index < -0.39 is 0 Å². The van der Waals surface area contributed by atoms with Crippen LogP contribution < -0.4 is 0 Å². The summed E-state index contributed by atoms with van der Waals surface area (Å²) in [5.74, 6) is 0. The van der Waals surface area contributed by atoms with E-state index in [-0.39, 0.29) is 5.54 Å². The van der Waals surface area contributed by atoms with Crippen molar-refractivity contribution in [1.29, 1.82) is 0 Å². The maximum absolute atomic E-state index is 2.40. The molecule has 2 rings (SSSR count). The fraction of sp³-hybridized carbons (Fsp3) is 0.529. The number of hydrogen-bond acceptors (Lipinski definition) is 1. The summed E-state index contributed by atoms with van der Waals surface area (Å²) in [6.45, 7) is 7.04. The van der Waals surface area contributed by atoms with Gasteiger partial charge in [0.15, 0.2) is 0 Å². The lowest BCUT2D eigenvalue weighted by Crippen LogP contribution is -2.36. The molecule has 35 heavy (non-hydrogen) atoms. The van der Waals surface area contributed by atoms with Crippen molar-refractivity contribution in [1.82, 2.24) is 4.90 Å². The molecular weight excluding hydrogens is 422 g/mol. The molecule has 0 saturated carbocycles. The minimum absolute atomic E-state index is 0.0777. The second-order valence-electron chi connectivity index (χ2n) is 10.7. The van der Waals surface area contributed by atoms with Crippen molar-refractivity contribution in [2.75, 3.05) is 0 Å². The molecule has 0 bridgehead atoms. The van der Waals surface area contributed by atoms with Gasteiger partial charge in [0.1, 0.15) is 0 Å². The molecule has 0 aliphatic heterocycles. The smallest absolute Gasteiger partial charge is 0.0383 e. The van der Waals surface area contributed by atoms with Gasteiger partial charge in [-0.3, -0.25) is 0 Å². The molecule has 0 atom stereocenters. The van der Waals surface area contributed by atoms with Crippen LogP contribution in [0.3, 0.4) is 0 Å². The average molecular weight is 474 g/mol. The Labute approximate surface area is 217 Å². The molecular formula is C34H51N. The molecule has 2 aromatic carbocycles. The number of unbranched alkanes of at least 4 members (excludes halogenated alkanes) is 12. The number of nitrogens with zero attached hydrogens (tertiary/aromatic N) is 1. The molecule has 0 saturated heterocycles. The molecule has 2 aromatic rings. The first-order chi connectivity index (χ1) is 17.1. The van der Waals surface area contributed by atoms with Crippen molar-refractivity contribution in [3.63, 3.8) is 0 Å². The zero-order valence-corrected chi connectivity index (χ0v) is 22.9. The summed E-state index contributed by atoms with van der Waals surface area (Å²) in [5, 5.41) is 0. The predicted octanol–water partition coefficient (Wildman–Crippen LogP) is 10.9. The fourth-order valence-electron chi connectivity index (χ4n) is 4.62. The Balaban J connectivity index is 1.73. The molecule has 0 unspecified atom stereocenters. The van der Waals surface area contributed by atoms with Crippen LogP contribution in [0.25, 0.3) is 12.2 Å². The Kier molecular flexibility index (Phi) is 14.9. The summed E-state index contributed by atoms with van der Waals surface area (Å²) in [6.07, 6.45) is 28.4. The van der Waals surface area contributed by atoms with Crippen molar-refractivity contribution < 1.29 is 0 Å². The Morgan fingerprint density at radius 2 is 0.914 bits per heavy atom. The van der Waals surface area contributed by atoms with Crippen LogP contribution in [0, 0.1) is 0 Å². The van der Waals surface area contributed by atoms with E-state index in [1.54, 1.807) is 0 Å². The van der Waals surface area contributed by atoms with E-state index in [0.29, 0.717) is 0 Å². The minimum Gasteiger partial charge on any atom is -0.349 e. The number of rotatable bonds is 19. The van der Waals surface area contributed by atoms with Gasteiger partial charge in [0.2, 0.25) is 0 Å². The summed E-state index contributed by atoms with van der Waals surface area (Å²) in [4.78, 5) is 2.40. The molecule has 1 heteroatoms. The van der Waals surface area contributed by atoms with E-state index in [0.717, 1.165) is 0 Å². The second kappa shape index (κ2) is 18.1. The summed E-state index contributed by atoms with van der Waals surface area (Å²) in [6, 6.07) is 21.2. The third kappa shape index (κ3) is 13.4. The lowest BCUT2D eigenvalue weighted by atomic mass is 9.94. The molecule has 0 aromatic heterocycles. The lowest BCUT2D eigenvalue weighted by Gasteiger charge is -2.36. The first-order valence-electron chi connectivity index (χ1n) is 14.4. The van der Waals surface area contributed by atoms with Gasteiger partial charge in [-0.1, -0.05) is 151 Å². The van der Waals surface area contributed by atoms with E-state index >= 15 is 0 Å². The standard InChI is InChI=1S/C34H51N/c1-4-5-6-7-8-9-10-11-12-13-14-15-22-29-34(2,3)35(30-27-32-23-18-16-19-24-32)31-28-33-25-20-17-21-26-33/h16-21,23-28,30-31H,4-15,22,29H2,1-3H3/b30-27+,31-28+. The van der Waals surface area contributed by atoms with Crippen LogP contribution in [0.4, 0.5) is 0 Å². The minimum atomic E-state index is 0.0777. The van der Waals surface area contributed by atoms with Crippen LogP contribution in [-0.4, -0.2) is 10.4 Å². The SMILES string of the molecule is CCCCCCCCCCCCCCCC(C)(C)N(/C=C/c1ccccc1)/C=C/c1ccccc1. The molecule has 0 N–H and O–H groups in total. The monoisotopic (exact) mass is 473 g/mol. The summed E-state index contributed by atoms with van der Waals surface area (Å²) in [5.41, 5.74) is 2.55. The van der Waals surface area contributed by atoms with E-state index in [2.05, 4.69) is 111 Å². The zero-order valence-electron chi connectivity index (χ0n) is 22.9. The Morgan fingerprint density at radius 1 is 0.543 bits per heavy atom. The number of hydrogen-bond donors (Lipinski definition) is 0. The van der Waals surface area contributed by atoms with E-state index in [1.165, 1.54) is 101 Å². The quantitative estimate of drug-likeness (QED) is 0.183. The zero-order chi connectivity index (χ0) is 25.0. The first-order valence-corrected chi connectivity index (χ1v) is 14.4. The third-order valence-corrected chi connectivity index (χ3v) is 7.05. The van der Waals surface area contributed by atoms with Crippen molar-refractivity contribution >= 4 is 12.2 Å². The molecule has 0 aliphatic rings. The van der Waals surface area contributed by atoms with Crippen molar-refractivity contribution in [2.45, 2.75) is 116 Å². The van der Waals surface area contributed by atoms with Crippen molar-refractivity contribution in [3.05, 3.63) is 84.2 Å². The van der Waals surface area contributed by atoms with Gasteiger partial charge in [0, 0.05) is 17.9 Å². The molecule has 0 fully saturated rings. The molecule has 0 heterocycles. The van der Waals surface area contributed by atoms with Gasteiger partial charge in [0.05, 0.1) is 0 Å². The van der Waals surface area contributed by atoms with Gasteiger partial charge in [-0.2, -0.15) is 0 Å². The average Bonchev–Trinajstić information content (AvgIpc) is 2.88. The predicted molar refractivity (Wildman–Crippen MR) is 157 cm³/mol. The topological polar surface area (TPSA) is 3.24 Å². The van der Waals surface area contributed by atoms with E-state index in [1.807, 2.05) is 0 Å². The van der Waals surface area contributed by atoms with Crippen LogP contribution in [0.15, 0.2) is 73.1 Å². The highest BCUT2D eigenvalue weighted by Crippen LogP contribution is 2.25. The van der Waals surface area contributed by atoms with Gasteiger partial charge < -0.3 is 4.90 Å². The second-order valence-corrected chi connectivity index (χ2v) is 10.7. The molecule has 0 amide bonds. The van der Waals surface area contributed by atoms with Crippen molar-refractivity contribution in [2.24, 2.45) is 0 Å². The summed E-state index contributed by atoms with van der Waals surface area (Å²) >= 11 is 0. The lowest BCUT2D eigenvalue weighted by molar-refractivity contribution is 0.231. The van der Waals surface area contributed by atoms with Crippen LogP contribution in [0.1, 0.15) is 122 Å². The van der Waals surface area contributed by atoms with Crippen LogP contribution in [0.2, 0.25) is 0 Å².